The second kappa shape index (κ2) is 9.50. The summed E-state index contributed by atoms with van der Waals surface area (Å²) in [6.45, 7) is 5.30. The van der Waals surface area contributed by atoms with Crippen LogP contribution in [-0.2, 0) is 11.3 Å². The van der Waals surface area contributed by atoms with Gasteiger partial charge in [-0.15, -0.1) is 0 Å². The molecule has 1 aliphatic carbocycles. The van der Waals surface area contributed by atoms with Crippen molar-refractivity contribution in [2.75, 3.05) is 12.3 Å². The molecule has 0 saturated heterocycles. The Morgan fingerprint density at radius 2 is 1.90 bits per heavy atom. The Bertz CT molecular complexity index is 1110. The van der Waals surface area contributed by atoms with Crippen molar-refractivity contribution in [3.8, 4) is 0 Å². The van der Waals surface area contributed by atoms with Crippen LogP contribution in [0.5, 0.6) is 0 Å². The van der Waals surface area contributed by atoms with Crippen LogP contribution in [0.2, 0.25) is 0 Å². The number of aromatic nitrogens is 3. The van der Waals surface area contributed by atoms with E-state index in [1.54, 1.807) is 0 Å². The predicted molar refractivity (Wildman–Crippen MR) is 125 cm³/mol. The van der Waals surface area contributed by atoms with Gasteiger partial charge in [-0.25, -0.2) is 14.8 Å². The third-order valence-electron chi connectivity index (χ3n) is 6.44. The number of allylic oxidation sites excluding steroid dienone is 2. The predicted octanol–water partition coefficient (Wildman–Crippen LogP) is 5.65. The van der Waals surface area contributed by atoms with E-state index in [1.165, 1.54) is 18.4 Å². The van der Waals surface area contributed by atoms with E-state index in [1.807, 2.05) is 28.8 Å². The molecule has 0 fully saturated rings. The molecule has 6 nitrogen and oxygen atoms in total. The minimum atomic E-state index is -0.408. The zero-order valence-corrected chi connectivity index (χ0v) is 18.6. The monoisotopic (exact) mass is 420 g/mol. The molecule has 164 valence electrons. The van der Waals surface area contributed by atoms with Crippen LogP contribution in [0, 0.1) is 5.92 Å². The van der Waals surface area contributed by atoms with Crippen LogP contribution < -0.4 is 5.73 Å². The van der Waals surface area contributed by atoms with Gasteiger partial charge in [-0.2, -0.15) is 0 Å². The first-order chi connectivity index (χ1) is 15.1. The number of para-hydroxylation sites is 2. The lowest BCUT2D eigenvalue weighted by molar-refractivity contribution is 0.0436. The summed E-state index contributed by atoms with van der Waals surface area (Å²) in [5.74, 6) is 0.342. The van der Waals surface area contributed by atoms with Gasteiger partial charge < -0.3 is 15.0 Å². The van der Waals surface area contributed by atoms with E-state index in [4.69, 9.17) is 20.4 Å². The number of carbonyl (C=O) groups excluding carboxylic acids is 1. The van der Waals surface area contributed by atoms with Crippen LogP contribution in [0.15, 0.2) is 35.9 Å². The number of fused-ring (bicyclic) bond motifs is 2. The quantitative estimate of drug-likeness (QED) is 0.376. The third-order valence-corrected chi connectivity index (χ3v) is 6.44. The van der Waals surface area contributed by atoms with E-state index in [0.29, 0.717) is 41.6 Å². The van der Waals surface area contributed by atoms with Crippen molar-refractivity contribution in [1.82, 2.24) is 14.5 Å². The molecule has 1 aromatic carbocycles. The third kappa shape index (κ3) is 4.43. The Morgan fingerprint density at radius 1 is 1.16 bits per heavy atom. The minimum Gasteiger partial charge on any atom is -0.462 e. The van der Waals surface area contributed by atoms with Crippen molar-refractivity contribution in [2.24, 2.45) is 5.92 Å². The molecule has 6 heteroatoms. The summed E-state index contributed by atoms with van der Waals surface area (Å²) < 4.78 is 7.61. The van der Waals surface area contributed by atoms with E-state index < -0.39 is 5.97 Å². The highest BCUT2D eigenvalue weighted by atomic mass is 16.5. The van der Waals surface area contributed by atoms with Crippen LogP contribution in [0.1, 0.15) is 69.2 Å². The number of esters is 1. The smallest absolute Gasteiger partial charge is 0.344 e. The van der Waals surface area contributed by atoms with Gasteiger partial charge in [0, 0.05) is 6.54 Å². The molecule has 0 amide bonds. The molecular formula is C25H32N4O2. The molecule has 0 atom stereocenters. The zero-order chi connectivity index (χ0) is 21.8. The molecule has 0 spiro atoms. The highest BCUT2D eigenvalue weighted by Gasteiger charge is 2.25. The average molecular weight is 421 g/mol. The van der Waals surface area contributed by atoms with Crippen LogP contribution in [-0.4, -0.2) is 27.1 Å². The summed E-state index contributed by atoms with van der Waals surface area (Å²) in [4.78, 5) is 22.7. The van der Waals surface area contributed by atoms with E-state index in [2.05, 4.69) is 19.9 Å². The lowest BCUT2D eigenvalue weighted by Crippen LogP contribution is -2.15. The summed E-state index contributed by atoms with van der Waals surface area (Å²) in [5, 5.41) is 0. The Balaban J connectivity index is 1.73. The van der Waals surface area contributed by atoms with Crippen molar-refractivity contribution in [1.29, 1.82) is 0 Å². The number of benzene rings is 1. The Hall–Kier alpha value is -2.89. The number of hydrogen-bond acceptors (Lipinski definition) is 5. The normalized spacial score (nSPS) is 14.4. The maximum Gasteiger partial charge on any atom is 0.344 e. The topological polar surface area (TPSA) is 83.0 Å². The molecule has 0 aliphatic heterocycles. The minimum absolute atomic E-state index is 0.344. The summed E-state index contributed by atoms with van der Waals surface area (Å²) >= 11 is 0. The number of nitrogen functional groups attached to an aromatic ring is 1. The largest absolute Gasteiger partial charge is 0.462 e. The summed E-state index contributed by atoms with van der Waals surface area (Å²) in [7, 11) is 0. The molecule has 0 unspecified atom stereocenters. The van der Waals surface area contributed by atoms with Gasteiger partial charge in [0.1, 0.15) is 16.9 Å². The van der Waals surface area contributed by atoms with E-state index in [-0.39, 0.29) is 0 Å². The maximum atomic E-state index is 13.1. The van der Waals surface area contributed by atoms with Gasteiger partial charge in [-0.05, 0) is 50.2 Å². The Labute approximate surface area is 183 Å². The highest BCUT2D eigenvalue weighted by molar-refractivity contribution is 6.08. The Morgan fingerprint density at radius 3 is 2.58 bits per heavy atom. The molecule has 2 aromatic heterocycles. The highest BCUT2D eigenvalue weighted by Crippen LogP contribution is 2.30. The molecular weight excluding hydrogens is 388 g/mol. The lowest BCUT2D eigenvalue weighted by Gasteiger charge is -2.14. The number of aryl methyl sites for hydroxylation is 1. The Kier molecular flexibility index (Phi) is 6.54. The van der Waals surface area contributed by atoms with Crippen molar-refractivity contribution in [2.45, 2.75) is 65.3 Å². The number of hydrogen-bond donors (Lipinski definition) is 1. The second-order valence-corrected chi connectivity index (χ2v) is 8.44. The summed E-state index contributed by atoms with van der Waals surface area (Å²) in [5.41, 5.74) is 11.1. The first kappa shape index (κ1) is 21.3. The van der Waals surface area contributed by atoms with Gasteiger partial charge in [0.25, 0.3) is 0 Å². The van der Waals surface area contributed by atoms with Gasteiger partial charge in [0.2, 0.25) is 0 Å². The zero-order valence-electron chi connectivity index (χ0n) is 18.6. The van der Waals surface area contributed by atoms with Crippen molar-refractivity contribution < 1.29 is 9.53 Å². The van der Waals surface area contributed by atoms with Gasteiger partial charge >= 0.3 is 5.97 Å². The summed E-state index contributed by atoms with van der Waals surface area (Å²) in [6.07, 6.45) is 9.99. The first-order valence-electron chi connectivity index (χ1n) is 11.5. The fourth-order valence-corrected chi connectivity index (χ4v) is 4.32. The van der Waals surface area contributed by atoms with Crippen molar-refractivity contribution in [3.05, 3.63) is 41.5 Å². The maximum absolute atomic E-state index is 13.1. The number of nitrogens with zero attached hydrogens (tertiary/aromatic N) is 3. The number of carbonyl (C=O) groups is 1. The van der Waals surface area contributed by atoms with Crippen LogP contribution in [0.3, 0.4) is 0 Å². The fourth-order valence-electron chi connectivity index (χ4n) is 4.32. The van der Waals surface area contributed by atoms with Crippen molar-refractivity contribution in [3.63, 3.8) is 0 Å². The van der Waals surface area contributed by atoms with E-state index in [0.717, 1.165) is 43.1 Å². The standard InChI is InChI=1S/C25H32N4O2/c1-3-17(4-2)16-31-25(30)21-22-24(28-20-13-9-8-12-19(20)27-22)29(23(21)26)15-14-18-10-6-5-7-11-18/h8-10,12-13,17H,3-7,11,14-16,26H2,1-2H3. The van der Waals surface area contributed by atoms with E-state index >= 15 is 0 Å². The van der Waals surface area contributed by atoms with Crippen molar-refractivity contribution >= 4 is 34.0 Å². The second-order valence-electron chi connectivity index (χ2n) is 8.44. The van der Waals surface area contributed by atoms with Crippen LogP contribution in [0.25, 0.3) is 22.2 Å². The number of nitrogens with two attached hydrogens (primary N) is 1. The number of rotatable bonds is 8. The van der Waals surface area contributed by atoms with Gasteiger partial charge in [-0.1, -0.05) is 50.5 Å². The fraction of sp³-hybridized carbons (Fsp3) is 0.480. The molecule has 0 radical (unpaired) electrons. The first-order valence-corrected chi connectivity index (χ1v) is 11.5. The SMILES string of the molecule is CCC(CC)COC(=O)c1c(N)n(CCC2=CCCCC2)c2nc3ccccc3nc12. The lowest BCUT2D eigenvalue weighted by atomic mass is 9.97. The molecule has 3 aromatic rings. The average Bonchev–Trinajstić information content (AvgIpc) is 3.07. The molecule has 0 saturated carbocycles. The molecule has 2 N–H and O–H groups in total. The molecule has 2 heterocycles. The van der Waals surface area contributed by atoms with Crippen LogP contribution >= 0.6 is 0 Å². The van der Waals surface area contributed by atoms with Gasteiger partial charge in [0.05, 0.1) is 17.6 Å². The molecule has 4 rings (SSSR count). The molecule has 0 bridgehead atoms. The van der Waals surface area contributed by atoms with Gasteiger partial charge in [0.15, 0.2) is 5.65 Å². The number of anilines is 1. The van der Waals surface area contributed by atoms with Gasteiger partial charge in [-0.3, -0.25) is 0 Å². The van der Waals surface area contributed by atoms with E-state index in [9.17, 15) is 4.79 Å². The molecule has 1 aliphatic rings. The molecule has 31 heavy (non-hydrogen) atoms. The number of ether oxygens (including phenoxy) is 1. The van der Waals surface area contributed by atoms with Crippen LogP contribution in [0.4, 0.5) is 5.82 Å². The summed E-state index contributed by atoms with van der Waals surface area (Å²) in [6, 6.07) is 7.70.